The average Bonchev–Trinajstić information content (AvgIpc) is 3.12. The number of carbonyl (C=O) groups excluding carboxylic acids is 3. The number of halogens is 1. The molecule has 1 aliphatic heterocycles. The van der Waals surface area contributed by atoms with Gasteiger partial charge < -0.3 is 13.9 Å². The summed E-state index contributed by atoms with van der Waals surface area (Å²) in [5.41, 5.74) is 1.96. The molecule has 3 aromatic carbocycles. The molecule has 1 aromatic heterocycles. The first-order chi connectivity index (χ1) is 18.5. The lowest BCUT2D eigenvalue weighted by molar-refractivity contribution is 0.0635. The van der Waals surface area contributed by atoms with E-state index >= 15 is 0 Å². The van der Waals surface area contributed by atoms with Crippen molar-refractivity contribution in [3.63, 3.8) is 0 Å². The molecule has 0 saturated carbocycles. The second kappa shape index (κ2) is 10.0. The second-order valence-corrected chi connectivity index (χ2v) is 10.2. The van der Waals surface area contributed by atoms with Crippen LogP contribution in [-0.4, -0.2) is 29.2 Å². The van der Waals surface area contributed by atoms with Gasteiger partial charge in [-0.3, -0.25) is 19.3 Å². The molecule has 1 aliphatic rings. The molecule has 0 unspecified atom stereocenters. The van der Waals surface area contributed by atoms with Crippen LogP contribution in [0.1, 0.15) is 56.0 Å². The zero-order chi connectivity index (χ0) is 28.0. The van der Waals surface area contributed by atoms with Gasteiger partial charge in [0.25, 0.3) is 11.8 Å². The van der Waals surface area contributed by atoms with E-state index in [2.05, 4.69) is 0 Å². The summed E-state index contributed by atoms with van der Waals surface area (Å²) in [6, 6.07) is 12.1. The minimum atomic E-state index is -0.726. The standard InChI is InChI=1S/C30H24ClNO7/c1-15(2)13-32-28(34)21-7-5-18(11-23(21)29(32)35)30(36)39-19-6-8-22-24(12-19)37-14-25(27(22)33)38-20-9-16(3)26(31)17(4)10-20/h5-12,14-15H,13H2,1-4H3. The maximum absolute atomic E-state index is 13.0. The van der Waals surface area contributed by atoms with Gasteiger partial charge in [0.1, 0.15) is 23.3 Å². The normalized spacial score (nSPS) is 12.8. The van der Waals surface area contributed by atoms with Gasteiger partial charge in [0.05, 0.1) is 22.1 Å². The molecular formula is C30H24ClNO7. The first-order valence-electron chi connectivity index (χ1n) is 12.3. The van der Waals surface area contributed by atoms with Crippen molar-refractivity contribution >= 4 is 40.4 Å². The summed E-state index contributed by atoms with van der Waals surface area (Å²) >= 11 is 6.21. The SMILES string of the molecule is Cc1cc(Oc2coc3cc(OC(=O)c4ccc5c(c4)C(=O)N(CC(C)C)C5=O)ccc3c2=O)cc(C)c1Cl. The lowest BCUT2D eigenvalue weighted by Gasteiger charge is -2.15. The van der Waals surface area contributed by atoms with Crippen LogP contribution in [0, 0.1) is 19.8 Å². The third-order valence-electron chi connectivity index (χ3n) is 6.32. The highest BCUT2D eigenvalue weighted by atomic mass is 35.5. The molecule has 39 heavy (non-hydrogen) atoms. The highest BCUT2D eigenvalue weighted by Crippen LogP contribution is 2.30. The number of fused-ring (bicyclic) bond motifs is 2. The Morgan fingerprint density at radius 1 is 0.923 bits per heavy atom. The zero-order valence-corrected chi connectivity index (χ0v) is 22.4. The van der Waals surface area contributed by atoms with Gasteiger partial charge >= 0.3 is 5.97 Å². The predicted molar refractivity (Wildman–Crippen MR) is 145 cm³/mol. The zero-order valence-electron chi connectivity index (χ0n) is 21.7. The highest BCUT2D eigenvalue weighted by molar-refractivity contribution is 6.32. The Balaban J connectivity index is 1.36. The first kappa shape index (κ1) is 26.2. The van der Waals surface area contributed by atoms with Gasteiger partial charge in [0, 0.05) is 17.6 Å². The van der Waals surface area contributed by atoms with Crippen LogP contribution in [-0.2, 0) is 0 Å². The number of hydrogen-bond donors (Lipinski definition) is 0. The number of benzene rings is 3. The molecule has 0 aliphatic carbocycles. The maximum Gasteiger partial charge on any atom is 0.343 e. The summed E-state index contributed by atoms with van der Waals surface area (Å²) in [5, 5.41) is 0.865. The van der Waals surface area contributed by atoms with Gasteiger partial charge in [-0.25, -0.2) is 4.79 Å². The lowest BCUT2D eigenvalue weighted by atomic mass is 10.1. The van der Waals surface area contributed by atoms with Gasteiger partial charge in [0.2, 0.25) is 11.2 Å². The van der Waals surface area contributed by atoms with Gasteiger partial charge in [-0.05, 0) is 73.4 Å². The molecule has 0 spiro atoms. The molecular weight excluding hydrogens is 522 g/mol. The van der Waals surface area contributed by atoms with Crippen LogP contribution < -0.4 is 14.9 Å². The summed E-state index contributed by atoms with van der Waals surface area (Å²) < 4.78 is 16.8. The van der Waals surface area contributed by atoms with E-state index in [0.717, 1.165) is 11.1 Å². The molecule has 0 saturated heterocycles. The molecule has 5 rings (SSSR count). The maximum atomic E-state index is 13.0. The molecule has 198 valence electrons. The van der Waals surface area contributed by atoms with Crippen LogP contribution in [0.2, 0.25) is 5.02 Å². The van der Waals surface area contributed by atoms with Gasteiger partial charge in [-0.15, -0.1) is 0 Å². The average molecular weight is 546 g/mol. The molecule has 0 atom stereocenters. The fraction of sp³-hybridized carbons (Fsp3) is 0.200. The molecule has 4 aromatic rings. The quantitative estimate of drug-likeness (QED) is 0.158. The van der Waals surface area contributed by atoms with E-state index in [4.69, 9.17) is 25.5 Å². The van der Waals surface area contributed by atoms with Crippen molar-refractivity contribution in [1.29, 1.82) is 0 Å². The minimum absolute atomic E-state index is 0.00256. The summed E-state index contributed by atoms with van der Waals surface area (Å²) in [4.78, 5) is 52.3. The van der Waals surface area contributed by atoms with E-state index in [-0.39, 0.29) is 51.0 Å². The predicted octanol–water partition coefficient (Wildman–Crippen LogP) is 6.33. The van der Waals surface area contributed by atoms with Crippen LogP contribution in [0.4, 0.5) is 0 Å². The monoisotopic (exact) mass is 545 g/mol. The van der Waals surface area contributed by atoms with Crippen molar-refractivity contribution < 1.29 is 28.3 Å². The van der Waals surface area contributed by atoms with E-state index in [1.165, 1.54) is 47.6 Å². The Bertz CT molecular complexity index is 1710. The van der Waals surface area contributed by atoms with Crippen molar-refractivity contribution in [1.82, 2.24) is 4.90 Å². The molecule has 2 heterocycles. The number of imide groups is 1. The lowest BCUT2D eigenvalue weighted by Crippen LogP contribution is -2.33. The number of hydrogen-bond acceptors (Lipinski definition) is 7. The number of ether oxygens (including phenoxy) is 2. The van der Waals surface area contributed by atoms with E-state index in [1.54, 1.807) is 12.1 Å². The highest BCUT2D eigenvalue weighted by Gasteiger charge is 2.36. The Labute approximate surface area is 228 Å². The molecule has 8 nitrogen and oxygen atoms in total. The largest absolute Gasteiger partial charge is 0.460 e. The van der Waals surface area contributed by atoms with Crippen LogP contribution >= 0.6 is 11.6 Å². The van der Waals surface area contributed by atoms with Crippen molar-refractivity contribution in [2.24, 2.45) is 5.92 Å². The summed E-state index contributed by atoms with van der Waals surface area (Å²) in [6.45, 7) is 7.80. The van der Waals surface area contributed by atoms with E-state index in [9.17, 15) is 19.2 Å². The number of esters is 1. The van der Waals surface area contributed by atoms with Gasteiger partial charge in [0.15, 0.2) is 0 Å². The van der Waals surface area contributed by atoms with Crippen LogP contribution in [0.15, 0.2) is 64.0 Å². The first-order valence-corrected chi connectivity index (χ1v) is 12.6. The van der Waals surface area contributed by atoms with Crippen molar-refractivity contribution in [2.45, 2.75) is 27.7 Å². The third-order valence-corrected chi connectivity index (χ3v) is 6.91. The Morgan fingerprint density at radius 3 is 2.31 bits per heavy atom. The molecule has 0 fully saturated rings. The van der Waals surface area contributed by atoms with Crippen molar-refractivity contribution in [3.8, 4) is 17.2 Å². The fourth-order valence-electron chi connectivity index (χ4n) is 4.43. The molecule has 9 heteroatoms. The molecule has 0 radical (unpaired) electrons. The minimum Gasteiger partial charge on any atom is -0.460 e. The number of nitrogens with zero attached hydrogens (tertiary/aromatic N) is 1. The number of rotatable bonds is 6. The number of carbonyl (C=O) groups is 3. The molecule has 0 N–H and O–H groups in total. The Morgan fingerprint density at radius 2 is 1.62 bits per heavy atom. The van der Waals surface area contributed by atoms with Crippen molar-refractivity contribution in [3.05, 3.63) is 97.9 Å². The topological polar surface area (TPSA) is 103 Å². The van der Waals surface area contributed by atoms with Gasteiger partial charge in [-0.1, -0.05) is 25.4 Å². The van der Waals surface area contributed by atoms with Crippen molar-refractivity contribution in [2.75, 3.05) is 6.54 Å². The smallest absolute Gasteiger partial charge is 0.343 e. The van der Waals surface area contributed by atoms with Crippen LogP contribution in [0.3, 0.4) is 0 Å². The van der Waals surface area contributed by atoms with E-state index in [0.29, 0.717) is 17.3 Å². The molecule has 2 amide bonds. The fourth-order valence-corrected chi connectivity index (χ4v) is 4.54. The summed E-state index contributed by atoms with van der Waals surface area (Å²) in [5.74, 6) is -0.845. The van der Waals surface area contributed by atoms with E-state index < -0.39 is 17.3 Å². The summed E-state index contributed by atoms with van der Waals surface area (Å²) in [7, 11) is 0. The third kappa shape index (κ3) is 4.91. The van der Waals surface area contributed by atoms with Crippen LogP contribution in [0.25, 0.3) is 11.0 Å². The Hall–Kier alpha value is -4.43. The van der Waals surface area contributed by atoms with Crippen LogP contribution in [0.5, 0.6) is 17.2 Å². The number of aryl methyl sites for hydroxylation is 2. The summed E-state index contributed by atoms with van der Waals surface area (Å²) in [6.07, 6.45) is 1.20. The van der Waals surface area contributed by atoms with E-state index in [1.807, 2.05) is 27.7 Å². The number of amides is 2. The van der Waals surface area contributed by atoms with Gasteiger partial charge in [-0.2, -0.15) is 0 Å². The second-order valence-electron chi connectivity index (χ2n) is 9.82. The molecule has 0 bridgehead atoms. The Kier molecular flexibility index (Phi) is 6.74.